The Morgan fingerprint density at radius 1 is 1.29 bits per heavy atom. The van der Waals surface area contributed by atoms with Crippen LogP contribution in [-0.2, 0) is 9.47 Å². The largest absolute Gasteiger partial charge is 0.462 e. The van der Waals surface area contributed by atoms with Gasteiger partial charge in [-0.05, 0) is 38.1 Å². The molecule has 1 rings (SSSR count). The van der Waals surface area contributed by atoms with E-state index in [4.69, 9.17) is 15.2 Å². The molecule has 1 aromatic carbocycles. The number of nitrogen functional groups attached to an aromatic ring is 1. The summed E-state index contributed by atoms with van der Waals surface area (Å²) in [6.07, 6.45) is 0.657. The summed E-state index contributed by atoms with van der Waals surface area (Å²) in [6.45, 7) is 4.23. The summed E-state index contributed by atoms with van der Waals surface area (Å²) in [5.74, 6) is -0.336. The summed E-state index contributed by atoms with van der Waals surface area (Å²) in [6, 6.07) is 6.66. The van der Waals surface area contributed by atoms with Crippen molar-refractivity contribution in [3.8, 4) is 0 Å². The first kappa shape index (κ1) is 13.5. The van der Waals surface area contributed by atoms with Gasteiger partial charge in [-0.25, -0.2) is 4.79 Å². The topological polar surface area (TPSA) is 61.5 Å². The number of hydrogen-bond donors (Lipinski definition) is 1. The fourth-order valence-electron chi connectivity index (χ4n) is 1.19. The van der Waals surface area contributed by atoms with Crippen LogP contribution in [0.5, 0.6) is 0 Å². The van der Waals surface area contributed by atoms with Crippen molar-refractivity contribution < 1.29 is 14.3 Å². The molecule has 2 N–H and O–H groups in total. The van der Waals surface area contributed by atoms with Gasteiger partial charge in [0.15, 0.2) is 0 Å². The zero-order valence-corrected chi connectivity index (χ0v) is 10.5. The van der Waals surface area contributed by atoms with Crippen molar-refractivity contribution in [2.45, 2.75) is 25.9 Å². The average Bonchev–Trinajstić information content (AvgIpc) is 2.29. The molecular formula is C13H19NO3. The van der Waals surface area contributed by atoms with Gasteiger partial charge in [0.05, 0.1) is 17.8 Å². The van der Waals surface area contributed by atoms with Gasteiger partial charge in [-0.3, -0.25) is 0 Å². The van der Waals surface area contributed by atoms with Crippen LogP contribution < -0.4 is 5.73 Å². The van der Waals surface area contributed by atoms with Gasteiger partial charge in [0.2, 0.25) is 0 Å². The first-order chi connectivity index (χ1) is 7.94. The SMILES string of the molecule is COC(C)(C)CCOC(=O)c1ccc(N)cc1. The molecule has 0 aliphatic heterocycles. The molecule has 0 aliphatic rings. The number of nitrogens with two attached hydrogens (primary N) is 1. The molecule has 0 heterocycles. The van der Waals surface area contributed by atoms with E-state index in [0.717, 1.165) is 0 Å². The number of benzene rings is 1. The fourth-order valence-corrected chi connectivity index (χ4v) is 1.19. The number of carbonyl (C=O) groups is 1. The van der Waals surface area contributed by atoms with E-state index in [1.54, 1.807) is 31.4 Å². The first-order valence-corrected chi connectivity index (χ1v) is 5.52. The normalized spacial score (nSPS) is 11.2. The quantitative estimate of drug-likeness (QED) is 0.630. The lowest BCUT2D eigenvalue weighted by Gasteiger charge is -2.22. The zero-order valence-electron chi connectivity index (χ0n) is 10.5. The molecule has 0 atom stereocenters. The number of ether oxygens (including phenoxy) is 2. The third-order valence-corrected chi connectivity index (χ3v) is 2.64. The lowest BCUT2D eigenvalue weighted by atomic mass is 10.1. The van der Waals surface area contributed by atoms with Gasteiger partial charge in [-0.2, -0.15) is 0 Å². The number of esters is 1. The summed E-state index contributed by atoms with van der Waals surface area (Å²) in [5, 5.41) is 0. The lowest BCUT2D eigenvalue weighted by Crippen LogP contribution is -2.25. The van der Waals surface area contributed by atoms with E-state index in [-0.39, 0.29) is 11.6 Å². The summed E-state index contributed by atoms with van der Waals surface area (Å²) in [4.78, 5) is 11.6. The molecule has 0 saturated heterocycles. The summed E-state index contributed by atoms with van der Waals surface area (Å²) in [5.41, 5.74) is 6.39. The monoisotopic (exact) mass is 237 g/mol. The van der Waals surface area contributed by atoms with Gasteiger partial charge < -0.3 is 15.2 Å². The Labute approximate surface area is 102 Å². The van der Waals surface area contributed by atoms with Crippen LogP contribution in [0.1, 0.15) is 30.6 Å². The molecule has 94 valence electrons. The van der Waals surface area contributed by atoms with E-state index in [1.807, 2.05) is 13.8 Å². The second kappa shape index (κ2) is 5.68. The highest BCUT2D eigenvalue weighted by Gasteiger charge is 2.17. The molecule has 0 unspecified atom stereocenters. The molecule has 0 aromatic heterocycles. The van der Waals surface area contributed by atoms with Crippen molar-refractivity contribution >= 4 is 11.7 Å². The Bertz CT molecular complexity index is 371. The molecule has 17 heavy (non-hydrogen) atoms. The van der Waals surface area contributed by atoms with E-state index < -0.39 is 0 Å². The second-order valence-electron chi connectivity index (χ2n) is 4.47. The molecule has 4 nitrogen and oxygen atoms in total. The van der Waals surface area contributed by atoms with E-state index >= 15 is 0 Å². The van der Waals surface area contributed by atoms with E-state index in [9.17, 15) is 4.79 Å². The Kier molecular flexibility index (Phi) is 4.52. The van der Waals surface area contributed by atoms with E-state index in [0.29, 0.717) is 24.3 Å². The van der Waals surface area contributed by atoms with Crippen molar-refractivity contribution in [3.05, 3.63) is 29.8 Å². The number of rotatable bonds is 5. The minimum Gasteiger partial charge on any atom is -0.462 e. The molecule has 0 saturated carbocycles. The maximum absolute atomic E-state index is 11.6. The van der Waals surface area contributed by atoms with Gasteiger partial charge in [0.1, 0.15) is 0 Å². The van der Waals surface area contributed by atoms with E-state index in [2.05, 4.69) is 0 Å². The highest BCUT2D eigenvalue weighted by Crippen LogP contribution is 2.13. The lowest BCUT2D eigenvalue weighted by molar-refractivity contribution is -0.00563. The van der Waals surface area contributed by atoms with Gasteiger partial charge in [0, 0.05) is 19.2 Å². The molecule has 0 radical (unpaired) electrons. The van der Waals surface area contributed by atoms with Crippen molar-refractivity contribution in [2.24, 2.45) is 0 Å². The molecule has 0 amide bonds. The number of carbonyl (C=O) groups excluding carboxylic acids is 1. The molecule has 0 bridgehead atoms. The van der Waals surface area contributed by atoms with Gasteiger partial charge >= 0.3 is 5.97 Å². The molecule has 0 fully saturated rings. The van der Waals surface area contributed by atoms with Crippen LogP contribution in [0.2, 0.25) is 0 Å². The summed E-state index contributed by atoms with van der Waals surface area (Å²) >= 11 is 0. The molecule has 1 aromatic rings. The van der Waals surface area contributed by atoms with Crippen LogP contribution in [-0.4, -0.2) is 25.3 Å². The Hall–Kier alpha value is -1.55. The first-order valence-electron chi connectivity index (χ1n) is 5.52. The van der Waals surface area contributed by atoms with Crippen LogP contribution >= 0.6 is 0 Å². The fraction of sp³-hybridized carbons (Fsp3) is 0.462. The highest BCUT2D eigenvalue weighted by molar-refractivity contribution is 5.89. The van der Waals surface area contributed by atoms with Crippen molar-refractivity contribution in [1.29, 1.82) is 0 Å². The Morgan fingerprint density at radius 2 is 1.88 bits per heavy atom. The van der Waals surface area contributed by atoms with Crippen molar-refractivity contribution in [3.63, 3.8) is 0 Å². The van der Waals surface area contributed by atoms with Gasteiger partial charge in [-0.15, -0.1) is 0 Å². The van der Waals surface area contributed by atoms with E-state index in [1.165, 1.54) is 0 Å². The van der Waals surface area contributed by atoms with Crippen LogP contribution in [0.4, 0.5) is 5.69 Å². The predicted octanol–water partition coefficient (Wildman–Crippen LogP) is 2.24. The van der Waals surface area contributed by atoms with Gasteiger partial charge in [-0.1, -0.05) is 0 Å². The Morgan fingerprint density at radius 3 is 2.41 bits per heavy atom. The zero-order chi connectivity index (χ0) is 12.9. The number of methoxy groups -OCH3 is 1. The molecular weight excluding hydrogens is 218 g/mol. The minimum absolute atomic E-state index is 0.276. The maximum Gasteiger partial charge on any atom is 0.338 e. The van der Waals surface area contributed by atoms with Crippen LogP contribution in [0.25, 0.3) is 0 Å². The summed E-state index contributed by atoms with van der Waals surface area (Å²) in [7, 11) is 1.64. The number of anilines is 1. The Balaban J connectivity index is 2.43. The molecule has 0 spiro atoms. The van der Waals surface area contributed by atoms with Crippen LogP contribution in [0.3, 0.4) is 0 Å². The smallest absolute Gasteiger partial charge is 0.338 e. The number of hydrogen-bond acceptors (Lipinski definition) is 4. The second-order valence-corrected chi connectivity index (χ2v) is 4.47. The molecule has 0 aliphatic carbocycles. The van der Waals surface area contributed by atoms with Gasteiger partial charge in [0.25, 0.3) is 0 Å². The van der Waals surface area contributed by atoms with Crippen molar-refractivity contribution in [2.75, 3.05) is 19.5 Å². The van der Waals surface area contributed by atoms with Crippen LogP contribution in [0, 0.1) is 0 Å². The standard InChI is InChI=1S/C13H19NO3/c1-13(2,16-3)8-9-17-12(15)10-4-6-11(14)7-5-10/h4-7H,8-9,14H2,1-3H3. The highest BCUT2D eigenvalue weighted by atomic mass is 16.5. The molecule has 4 heteroatoms. The van der Waals surface area contributed by atoms with Crippen molar-refractivity contribution in [1.82, 2.24) is 0 Å². The maximum atomic E-state index is 11.6. The minimum atomic E-state index is -0.336. The van der Waals surface area contributed by atoms with Crippen LogP contribution in [0.15, 0.2) is 24.3 Å². The third-order valence-electron chi connectivity index (χ3n) is 2.64. The predicted molar refractivity (Wildman–Crippen MR) is 66.8 cm³/mol. The third kappa shape index (κ3) is 4.44. The summed E-state index contributed by atoms with van der Waals surface area (Å²) < 4.78 is 10.4. The average molecular weight is 237 g/mol.